The summed E-state index contributed by atoms with van der Waals surface area (Å²) in [6.07, 6.45) is 4.06. The summed E-state index contributed by atoms with van der Waals surface area (Å²) < 4.78 is 6.12. The van der Waals surface area contributed by atoms with Crippen LogP contribution in [-0.2, 0) is 9.59 Å². The van der Waals surface area contributed by atoms with Gasteiger partial charge < -0.3 is 15.0 Å². The summed E-state index contributed by atoms with van der Waals surface area (Å²) in [4.78, 5) is 31.9. The summed E-state index contributed by atoms with van der Waals surface area (Å²) in [5.74, 6) is 1.88. The maximum Gasteiger partial charge on any atom is 0.265 e. The summed E-state index contributed by atoms with van der Waals surface area (Å²) in [5.41, 5.74) is 1.65. The number of halogens is 1. The largest absolute Gasteiger partial charge is 0.496 e. The van der Waals surface area contributed by atoms with Crippen molar-refractivity contribution in [1.29, 1.82) is 0 Å². The molecule has 1 fully saturated rings. The smallest absolute Gasteiger partial charge is 0.265 e. The van der Waals surface area contributed by atoms with Gasteiger partial charge in [-0.15, -0.1) is 0 Å². The third kappa shape index (κ3) is 6.72. The van der Waals surface area contributed by atoms with E-state index in [0.717, 1.165) is 64.3 Å². The SMILES string of the molecule is COc1ccc(/C=C2/Sc3ccccc3N(CC(=O)NCCCN3C[C@@H](C)C[C@H](C)C3)C2=O)cc1Br. The Bertz CT molecular complexity index is 1130. The molecule has 2 aliphatic rings. The first kappa shape index (κ1) is 26.8. The van der Waals surface area contributed by atoms with Crippen LogP contribution in [0.1, 0.15) is 32.3 Å². The number of amides is 2. The van der Waals surface area contributed by atoms with Crippen LogP contribution in [0, 0.1) is 11.8 Å². The molecule has 192 valence electrons. The number of hydrogen-bond acceptors (Lipinski definition) is 5. The molecule has 36 heavy (non-hydrogen) atoms. The molecule has 2 aliphatic heterocycles. The first-order valence-corrected chi connectivity index (χ1v) is 14.1. The molecule has 0 unspecified atom stereocenters. The van der Waals surface area contributed by atoms with Crippen LogP contribution in [-0.4, -0.2) is 56.5 Å². The summed E-state index contributed by atoms with van der Waals surface area (Å²) in [6.45, 7) is 8.49. The number of rotatable bonds is 8. The van der Waals surface area contributed by atoms with Gasteiger partial charge in [-0.2, -0.15) is 0 Å². The standard InChI is InChI=1S/C28H34BrN3O3S/c1-19-13-20(2)17-31(16-19)12-6-11-30-27(33)18-32-23-7-4-5-8-25(23)36-26(28(32)34)15-21-9-10-24(35-3)22(29)14-21/h4-5,7-10,14-15,19-20H,6,11-13,16-18H2,1-3H3,(H,30,33)/b26-15+/t19-,20-/m0/s1. The Morgan fingerprint density at radius 1 is 1.19 bits per heavy atom. The highest BCUT2D eigenvalue weighted by molar-refractivity contribution is 9.10. The molecule has 0 aromatic heterocycles. The van der Waals surface area contributed by atoms with Crippen LogP contribution in [0.2, 0.25) is 0 Å². The van der Waals surface area contributed by atoms with Crippen LogP contribution in [0.4, 0.5) is 5.69 Å². The minimum absolute atomic E-state index is 0.00215. The number of nitrogens with one attached hydrogen (secondary N) is 1. The van der Waals surface area contributed by atoms with Gasteiger partial charge in [0.25, 0.3) is 5.91 Å². The van der Waals surface area contributed by atoms with Crippen LogP contribution in [0.25, 0.3) is 6.08 Å². The fourth-order valence-corrected chi connectivity index (χ4v) is 6.66. The van der Waals surface area contributed by atoms with E-state index in [-0.39, 0.29) is 18.4 Å². The summed E-state index contributed by atoms with van der Waals surface area (Å²) >= 11 is 4.94. The molecule has 0 aliphatic carbocycles. The van der Waals surface area contributed by atoms with Gasteiger partial charge >= 0.3 is 0 Å². The minimum atomic E-state index is -0.169. The van der Waals surface area contributed by atoms with Crippen molar-refractivity contribution < 1.29 is 14.3 Å². The van der Waals surface area contributed by atoms with E-state index in [0.29, 0.717) is 11.4 Å². The minimum Gasteiger partial charge on any atom is -0.496 e. The average molecular weight is 573 g/mol. The molecule has 2 amide bonds. The van der Waals surface area contributed by atoms with Crippen molar-refractivity contribution in [3.63, 3.8) is 0 Å². The van der Waals surface area contributed by atoms with Crippen molar-refractivity contribution in [2.24, 2.45) is 11.8 Å². The van der Waals surface area contributed by atoms with Crippen molar-refractivity contribution in [3.05, 3.63) is 57.4 Å². The van der Waals surface area contributed by atoms with Crippen molar-refractivity contribution in [2.45, 2.75) is 31.6 Å². The number of hydrogen-bond donors (Lipinski definition) is 1. The molecule has 2 aromatic rings. The number of likely N-dealkylation sites (tertiary alicyclic amines) is 1. The molecule has 0 bridgehead atoms. The summed E-state index contributed by atoms with van der Waals surface area (Å²) in [5, 5.41) is 3.02. The number of benzene rings is 2. The van der Waals surface area contributed by atoms with Crippen LogP contribution < -0.4 is 15.0 Å². The van der Waals surface area contributed by atoms with E-state index < -0.39 is 0 Å². The number of anilines is 1. The molecule has 8 heteroatoms. The molecule has 2 heterocycles. The number of nitrogens with zero attached hydrogens (tertiary/aromatic N) is 2. The van der Waals surface area contributed by atoms with Crippen molar-refractivity contribution in [2.75, 3.05) is 44.7 Å². The quantitative estimate of drug-likeness (QED) is 0.338. The third-order valence-electron chi connectivity index (χ3n) is 6.53. The molecule has 6 nitrogen and oxygen atoms in total. The zero-order valence-corrected chi connectivity index (χ0v) is 23.5. The summed E-state index contributed by atoms with van der Waals surface area (Å²) in [6, 6.07) is 13.4. The number of carbonyl (C=O) groups is 2. The highest BCUT2D eigenvalue weighted by Crippen LogP contribution is 2.42. The zero-order valence-electron chi connectivity index (χ0n) is 21.1. The van der Waals surface area contributed by atoms with E-state index >= 15 is 0 Å². The normalized spacial score (nSPS) is 21.4. The van der Waals surface area contributed by atoms with E-state index in [9.17, 15) is 9.59 Å². The number of thioether (sulfide) groups is 1. The van der Waals surface area contributed by atoms with E-state index in [1.54, 1.807) is 12.0 Å². The lowest BCUT2D eigenvalue weighted by molar-refractivity contribution is -0.122. The maximum atomic E-state index is 13.4. The second-order valence-electron chi connectivity index (χ2n) is 9.77. The van der Waals surface area contributed by atoms with E-state index in [4.69, 9.17) is 4.74 Å². The van der Waals surface area contributed by atoms with Gasteiger partial charge in [-0.3, -0.25) is 14.5 Å². The van der Waals surface area contributed by atoms with Gasteiger partial charge in [0.15, 0.2) is 0 Å². The van der Waals surface area contributed by atoms with Gasteiger partial charge in [-0.05, 0) is 83.1 Å². The second kappa shape index (κ2) is 12.3. The number of piperidine rings is 1. The highest BCUT2D eigenvalue weighted by Gasteiger charge is 2.30. The number of para-hydroxylation sites is 1. The fraction of sp³-hybridized carbons (Fsp3) is 0.429. The van der Waals surface area contributed by atoms with Gasteiger partial charge in [0.05, 0.1) is 22.2 Å². The Labute approximate surface area is 226 Å². The Hall–Kier alpha value is -2.29. The van der Waals surface area contributed by atoms with Crippen molar-refractivity contribution >= 4 is 51.3 Å². The van der Waals surface area contributed by atoms with E-state index in [1.807, 2.05) is 48.5 Å². The molecular weight excluding hydrogens is 538 g/mol. The average Bonchev–Trinajstić information content (AvgIpc) is 2.84. The Balaban J connectivity index is 1.40. The Kier molecular flexibility index (Phi) is 9.14. The lowest BCUT2D eigenvalue weighted by Gasteiger charge is -2.35. The molecular formula is C28H34BrN3O3S. The Morgan fingerprint density at radius 3 is 2.67 bits per heavy atom. The van der Waals surface area contributed by atoms with Gasteiger partial charge in [0, 0.05) is 24.5 Å². The Morgan fingerprint density at radius 2 is 1.94 bits per heavy atom. The van der Waals surface area contributed by atoms with Gasteiger partial charge in [-0.25, -0.2) is 0 Å². The molecule has 4 rings (SSSR count). The third-order valence-corrected chi connectivity index (χ3v) is 8.22. The van der Waals surface area contributed by atoms with Crippen LogP contribution in [0.3, 0.4) is 0 Å². The number of fused-ring (bicyclic) bond motifs is 1. The van der Waals surface area contributed by atoms with Crippen molar-refractivity contribution in [1.82, 2.24) is 10.2 Å². The molecule has 2 atom stereocenters. The van der Waals surface area contributed by atoms with Crippen LogP contribution in [0.15, 0.2) is 56.7 Å². The number of methoxy groups -OCH3 is 1. The van der Waals surface area contributed by atoms with Gasteiger partial charge in [0.2, 0.25) is 5.91 Å². The van der Waals surface area contributed by atoms with Crippen LogP contribution >= 0.6 is 27.7 Å². The molecule has 2 aromatic carbocycles. The van der Waals surface area contributed by atoms with E-state index in [2.05, 4.69) is 40.0 Å². The molecule has 0 spiro atoms. The van der Waals surface area contributed by atoms with Crippen molar-refractivity contribution in [3.8, 4) is 5.75 Å². The number of carbonyl (C=O) groups excluding carboxylic acids is 2. The number of ether oxygens (including phenoxy) is 1. The summed E-state index contributed by atoms with van der Waals surface area (Å²) in [7, 11) is 1.62. The van der Waals surface area contributed by atoms with Crippen LogP contribution in [0.5, 0.6) is 5.75 Å². The molecule has 0 radical (unpaired) electrons. The fourth-order valence-electron chi connectivity index (χ4n) is 5.05. The zero-order chi connectivity index (χ0) is 25.7. The van der Waals surface area contributed by atoms with Gasteiger partial charge in [0.1, 0.15) is 12.3 Å². The predicted molar refractivity (Wildman–Crippen MR) is 150 cm³/mol. The van der Waals surface area contributed by atoms with Gasteiger partial charge in [-0.1, -0.05) is 43.8 Å². The predicted octanol–water partition coefficient (Wildman–Crippen LogP) is 5.42. The monoisotopic (exact) mass is 571 g/mol. The maximum absolute atomic E-state index is 13.4. The molecule has 1 N–H and O–H groups in total. The topological polar surface area (TPSA) is 61.9 Å². The molecule has 0 saturated carbocycles. The van der Waals surface area contributed by atoms with E-state index in [1.165, 1.54) is 18.2 Å². The molecule has 1 saturated heterocycles. The first-order valence-electron chi connectivity index (χ1n) is 12.5. The lowest BCUT2D eigenvalue weighted by Crippen LogP contribution is -2.43. The highest BCUT2D eigenvalue weighted by atomic mass is 79.9. The first-order chi connectivity index (χ1) is 17.3. The lowest BCUT2D eigenvalue weighted by atomic mass is 9.92. The second-order valence-corrected chi connectivity index (χ2v) is 11.7.